The van der Waals surface area contributed by atoms with Crippen LogP contribution in [0.25, 0.3) is 0 Å². The van der Waals surface area contributed by atoms with E-state index in [1.54, 1.807) is 0 Å². The maximum atomic E-state index is 13.5. The lowest BCUT2D eigenvalue weighted by Gasteiger charge is -2.10. The highest BCUT2D eigenvalue weighted by molar-refractivity contribution is 5.94. The van der Waals surface area contributed by atoms with Gasteiger partial charge in [-0.15, -0.1) is 0 Å². The van der Waals surface area contributed by atoms with Gasteiger partial charge in [-0.05, 0) is 12.5 Å². The van der Waals surface area contributed by atoms with Crippen LogP contribution in [-0.4, -0.2) is 42.3 Å². The molecule has 7 nitrogen and oxygen atoms in total. The van der Waals surface area contributed by atoms with Crippen LogP contribution in [0.3, 0.4) is 0 Å². The molecule has 0 fully saturated rings. The number of amides is 1. The number of ether oxygens (including phenoxy) is 1. The number of carbonyl (C=O) groups is 1. The molecule has 8 heteroatoms. The molecule has 0 bridgehead atoms. The maximum absolute atomic E-state index is 13.5. The van der Waals surface area contributed by atoms with E-state index in [0.717, 1.165) is 12.1 Å². The second-order valence-electron chi connectivity index (χ2n) is 4.08. The van der Waals surface area contributed by atoms with Crippen LogP contribution in [-0.2, 0) is 4.74 Å². The lowest BCUT2D eigenvalue weighted by Crippen LogP contribution is -2.29. The van der Waals surface area contributed by atoms with E-state index < -0.39 is 28.4 Å². The molecular weight excluding hydrogens is 271 g/mol. The number of hydrogen-bond donors (Lipinski definition) is 2. The van der Waals surface area contributed by atoms with Gasteiger partial charge in [-0.2, -0.15) is 0 Å². The second-order valence-corrected chi connectivity index (χ2v) is 4.08. The second kappa shape index (κ2) is 7.51. The van der Waals surface area contributed by atoms with E-state index in [1.807, 2.05) is 0 Å². The number of nitro benzene ring substituents is 1. The van der Waals surface area contributed by atoms with E-state index in [1.165, 1.54) is 7.11 Å². The molecule has 1 atom stereocenters. The molecule has 110 valence electrons. The van der Waals surface area contributed by atoms with Gasteiger partial charge in [0.2, 0.25) is 0 Å². The Hall–Kier alpha value is -2.06. The van der Waals surface area contributed by atoms with Gasteiger partial charge in [-0.1, -0.05) is 0 Å². The fourth-order valence-electron chi connectivity index (χ4n) is 1.52. The number of hydrogen-bond acceptors (Lipinski definition) is 5. The van der Waals surface area contributed by atoms with Crippen LogP contribution >= 0.6 is 0 Å². The molecule has 0 aromatic heterocycles. The molecule has 0 radical (unpaired) electrons. The van der Waals surface area contributed by atoms with Crippen molar-refractivity contribution >= 4 is 11.6 Å². The molecule has 1 rings (SSSR count). The number of aliphatic hydroxyl groups excluding tert-OH is 1. The molecule has 1 unspecified atom stereocenters. The number of rotatable bonds is 7. The van der Waals surface area contributed by atoms with Crippen molar-refractivity contribution in [2.24, 2.45) is 0 Å². The summed E-state index contributed by atoms with van der Waals surface area (Å²) in [5.41, 5.74) is -0.702. The number of non-ortho nitro benzene ring substituents is 1. The van der Waals surface area contributed by atoms with Crippen LogP contribution in [0.5, 0.6) is 0 Å². The SMILES string of the molecule is COCC(O)CCNC(=O)c1ccc([N+](=O)[O-])cc1F. The molecule has 2 N–H and O–H groups in total. The molecule has 1 aromatic rings. The lowest BCUT2D eigenvalue weighted by molar-refractivity contribution is -0.385. The average molecular weight is 286 g/mol. The van der Waals surface area contributed by atoms with Crippen LogP contribution in [0.4, 0.5) is 10.1 Å². The predicted octanol–water partition coefficient (Wildman–Crippen LogP) is 0.861. The van der Waals surface area contributed by atoms with Crippen LogP contribution in [0.2, 0.25) is 0 Å². The lowest BCUT2D eigenvalue weighted by atomic mass is 10.1. The third-order valence-electron chi connectivity index (χ3n) is 2.53. The Morgan fingerprint density at radius 2 is 2.30 bits per heavy atom. The Balaban J connectivity index is 2.58. The van der Waals surface area contributed by atoms with Crippen molar-refractivity contribution in [1.82, 2.24) is 5.32 Å². The number of nitro groups is 1. The van der Waals surface area contributed by atoms with Crippen LogP contribution in [0.1, 0.15) is 16.8 Å². The monoisotopic (exact) mass is 286 g/mol. The van der Waals surface area contributed by atoms with Crippen molar-refractivity contribution < 1.29 is 24.0 Å². The zero-order chi connectivity index (χ0) is 15.1. The number of aliphatic hydroxyl groups is 1. The molecular formula is C12H15FN2O5. The van der Waals surface area contributed by atoms with E-state index in [2.05, 4.69) is 5.32 Å². The molecule has 0 aliphatic rings. The van der Waals surface area contributed by atoms with Gasteiger partial charge >= 0.3 is 0 Å². The van der Waals surface area contributed by atoms with Gasteiger partial charge in [0.05, 0.1) is 29.3 Å². The molecule has 1 amide bonds. The fraction of sp³-hybridized carbons (Fsp3) is 0.417. The number of methoxy groups -OCH3 is 1. The van der Waals surface area contributed by atoms with Crippen LogP contribution in [0, 0.1) is 15.9 Å². The molecule has 0 spiro atoms. The average Bonchev–Trinajstić information content (AvgIpc) is 2.38. The minimum Gasteiger partial charge on any atom is -0.391 e. The predicted molar refractivity (Wildman–Crippen MR) is 67.9 cm³/mol. The summed E-state index contributed by atoms with van der Waals surface area (Å²) in [6.07, 6.45) is -0.462. The molecule has 0 aliphatic carbocycles. The minimum absolute atomic E-state index is 0.139. The van der Waals surface area contributed by atoms with Crippen molar-refractivity contribution in [2.75, 3.05) is 20.3 Å². The van der Waals surface area contributed by atoms with Gasteiger partial charge in [0.25, 0.3) is 11.6 Å². The summed E-state index contributed by atoms with van der Waals surface area (Å²) in [5.74, 6) is -1.66. The molecule has 0 heterocycles. The number of benzene rings is 1. The Morgan fingerprint density at radius 1 is 1.60 bits per heavy atom. The zero-order valence-electron chi connectivity index (χ0n) is 10.8. The molecule has 20 heavy (non-hydrogen) atoms. The third kappa shape index (κ3) is 4.56. The van der Waals surface area contributed by atoms with Gasteiger partial charge in [0.15, 0.2) is 0 Å². The van der Waals surface area contributed by atoms with Crippen molar-refractivity contribution in [3.8, 4) is 0 Å². The molecule has 0 saturated carbocycles. The molecule has 0 aliphatic heterocycles. The van der Waals surface area contributed by atoms with E-state index in [-0.39, 0.29) is 25.1 Å². The van der Waals surface area contributed by atoms with Gasteiger partial charge < -0.3 is 15.2 Å². The Bertz CT molecular complexity index is 495. The smallest absolute Gasteiger partial charge is 0.272 e. The van der Waals surface area contributed by atoms with E-state index in [4.69, 9.17) is 4.74 Å². The van der Waals surface area contributed by atoms with Gasteiger partial charge in [-0.25, -0.2) is 4.39 Å². The summed E-state index contributed by atoms with van der Waals surface area (Å²) in [5, 5.41) is 22.2. The van der Waals surface area contributed by atoms with Crippen molar-refractivity contribution in [1.29, 1.82) is 0 Å². The topological polar surface area (TPSA) is 102 Å². The maximum Gasteiger partial charge on any atom is 0.272 e. The number of halogens is 1. The first kappa shape index (κ1) is 16.0. The van der Waals surface area contributed by atoms with Crippen molar-refractivity contribution in [3.63, 3.8) is 0 Å². The van der Waals surface area contributed by atoms with Crippen LogP contribution < -0.4 is 5.32 Å². The van der Waals surface area contributed by atoms with E-state index >= 15 is 0 Å². The summed E-state index contributed by atoms with van der Waals surface area (Å²) < 4.78 is 18.2. The van der Waals surface area contributed by atoms with Gasteiger partial charge in [0.1, 0.15) is 5.82 Å². The Morgan fingerprint density at radius 3 is 2.85 bits per heavy atom. The third-order valence-corrected chi connectivity index (χ3v) is 2.53. The Labute approximate surface area is 114 Å². The summed E-state index contributed by atoms with van der Waals surface area (Å²) in [6.45, 7) is 0.279. The summed E-state index contributed by atoms with van der Waals surface area (Å²) >= 11 is 0. The first-order valence-electron chi connectivity index (χ1n) is 5.85. The highest BCUT2D eigenvalue weighted by Crippen LogP contribution is 2.16. The normalized spacial score (nSPS) is 11.9. The van der Waals surface area contributed by atoms with Gasteiger partial charge in [-0.3, -0.25) is 14.9 Å². The highest BCUT2D eigenvalue weighted by Gasteiger charge is 2.16. The van der Waals surface area contributed by atoms with E-state index in [9.17, 15) is 24.4 Å². The standard InChI is InChI=1S/C12H15FN2O5/c1-20-7-9(16)4-5-14-12(17)10-3-2-8(15(18)19)6-11(10)13/h2-3,6,9,16H,4-5,7H2,1H3,(H,14,17). The quantitative estimate of drug-likeness (QED) is 0.572. The van der Waals surface area contributed by atoms with E-state index in [0.29, 0.717) is 6.07 Å². The highest BCUT2D eigenvalue weighted by atomic mass is 19.1. The minimum atomic E-state index is -0.964. The summed E-state index contributed by atoms with van der Waals surface area (Å²) in [7, 11) is 1.44. The molecule has 0 saturated heterocycles. The Kier molecular flexibility index (Phi) is 6.01. The first-order chi connectivity index (χ1) is 9.45. The van der Waals surface area contributed by atoms with Crippen LogP contribution in [0.15, 0.2) is 18.2 Å². The van der Waals surface area contributed by atoms with Gasteiger partial charge in [0, 0.05) is 19.7 Å². The number of carbonyl (C=O) groups excluding carboxylic acids is 1. The largest absolute Gasteiger partial charge is 0.391 e. The zero-order valence-corrected chi connectivity index (χ0v) is 10.8. The summed E-state index contributed by atoms with van der Waals surface area (Å²) in [6, 6.07) is 2.79. The number of nitrogens with one attached hydrogen (secondary N) is 1. The fourth-order valence-corrected chi connectivity index (χ4v) is 1.52. The van der Waals surface area contributed by atoms with Crippen molar-refractivity contribution in [3.05, 3.63) is 39.7 Å². The summed E-state index contributed by atoms with van der Waals surface area (Å²) in [4.78, 5) is 21.3. The number of nitrogens with zero attached hydrogens (tertiary/aromatic N) is 1. The van der Waals surface area contributed by atoms with Crippen molar-refractivity contribution in [2.45, 2.75) is 12.5 Å². The molecule has 1 aromatic carbocycles. The first-order valence-corrected chi connectivity index (χ1v) is 5.85.